The molecule has 1 atom stereocenters. The Kier molecular flexibility index (Phi) is 5.25. The molecule has 0 radical (unpaired) electrons. The fraction of sp³-hybridized carbons (Fsp3) is 0.304. The van der Waals surface area contributed by atoms with E-state index >= 15 is 0 Å². The number of carbonyl (C=O) groups is 1. The van der Waals surface area contributed by atoms with Gasteiger partial charge in [0.05, 0.1) is 6.54 Å². The van der Waals surface area contributed by atoms with Gasteiger partial charge in [-0.3, -0.25) is 4.79 Å². The van der Waals surface area contributed by atoms with Crippen LogP contribution in [0.3, 0.4) is 0 Å². The molecule has 0 bridgehead atoms. The molecular formula is C23H24N2O4. The highest BCUT2D eigenvalue weighted by molar-refractivity contribution is 5.92. The van der Waals surface area contributed by atoms with Gasteiger partial charge in [0, 0.05) is 19.5 Å². The summed E-state index contributed by atoms with van der Waals surface area (Å²) >= 11 is 0. The number of rotatable bonds is 6. The van der Waals surface area contributed by atoms with Crippen molar-refractivity contribution >= 4 is 5.91 Å². The molecule has 150 valence electrons. The highest BCUT2D eigenvalue weighted by Crippen LogP contribution is 2.28. The van der Waals surface area contributed by atoms with E-state index in [9.17, 15) is 4.79 Å². The maximum absolute atomic E-state index is 12.7. The molecule has 1 aromatic heterocycles. The van der Waals surface area contributed by atoms with E-state index < -0.39 is 0 Å². The molecule has 0 saturated heterocycles. The van der Waals surface area contributed by atoms with E-state index in [0.29, 0.717) is 12.3 Å². The molecule has 2 heterocycles. The smallest absolute Gasteiger partial charge is 0.275 e. The predicted octanol–water partition coefficient (Wildman–Crippen LogP) is 3.95. The molecule has 1 amide bonds. The van der Waals surface area contributed by atoms with E-state index in [0.717, 1.165) is 23.5 Å². The van der Waals surface area contributed by atoms with Crippen LogP contribution in [-0.2, 0) is 13.0 Å². The summed E-state index contributed by atoms with van der Waals surface area (Å²) in [7, 11) is 1.74. The maximum atomic E-state index is 12.7. The number of ether oxygens (including phenoxy) is 2. The van der Waals surface area contributed by atoms with Crippen LogP contribution in [0.2, 0.25) is 0 Å². The minimum Gasteiger partial charge on any atom is -0.488 e. The quantitative estimate of drug-likeness (QED) is 0.636. The Labute approximate surface area is 170 Å². The van der Waals surface area contributed by atoms with Crippen LogP contribution in [-0.4, -0.2) is 35.7 Å². The fourth-order valence-corrected chi connectivity index (χ4v) is 3.38. The standard InChI is InChI=1S/C23H24N2O4/c1-15-8-9-18(10-16(15)2)27-14-20-12-21(24-29-20)23(26)25(3)13-19-11-17-6-4-5-7-22(17)28-19/h4-10,12,19H,11,13-14H2,1-3H3/t19-/m0/s1. The van der Waals surface area contributed by atoms with Gasteiger partial charge < -0.3 is 18.9 Å². The first-order chi connectivity index (χ1) is 14.0. The van der Waals surface area contributed by atoms with Crippen molar-refractivity contribution in [3.8, 4) is 11.5 Å². The summed E-state index contributed by atoms with van der Waals surface area (Å²) in [5.41, 5.74) is 3.81. The molecule has 0 N–H and O–H groups in total. The van der Waals surface area contributed by atoms with E-state index in [1.165, 1.54) is 11.1 Å². The van der Waals surface area contributed by atoms with Crippen LogP contribution < -0.4 is 9.47 Å². The molecule has 0 fully saturated rings. The van der Waals surface area contributed by atoms with E-state index in [4.69, 9.17) is 14.0 Å². The van der Waals surface area contributed by atoms with E-state index in [2.05, 4.69) is 18.1 Å². The first-order valence-corrected chi connectivity index (χ1v) is 9.65. The molecule has 6 heteroatoms. The molecule has 29 heavy (non-hydrogen) atoms. The molecule has 0 spiro atoms. The number of likely N-dealkylation sites (N-methyl/N-ethyl adjacent to an activating group) is 1. The van der Waals surface area contributed by atoms with Crippen molar-refractivity contribution in [2.24, 2.45) is 0 Å². The molecule has 4 rings (SSSR count). The van der Waals surface area contributed by atoms with Crippen molar-refractivity contribution < 1.29 is 18.8 Å². The van der Waals surface area contributed by atoms with Crippen LogP contribution in [0.4, 0.5) is 0 Å². The zero-order chi connectivity index (χ0) is 20.4. The van der Waals surface area contributed by atoms with Crippen LogP contribution >= 0.6 is 0 Å². The Balaban J connectivity index is 1.32. The second-order valence-corrected chi connectivity index (χ2v) is 7.45. The van der Waals surface area contributed by atoms with Crippen LogP contribution in [0.1, 0.15) is 32.9 Å². The number of carbonyl (C=O) groups excluding carboxylic acids is 1. The lowest BCUT2D eigenvalue weighted by atomic mass is 10.1. The van der Waals surface area contributed by atoms with Gasteiger partial charge in [0.1, 0.15) is 24.2 Å². The van der Waals surface area contributed by atoms with Crippen molar-refractivity contribution in [2.75, 3.05) is 13.6 Å². The highest BCUT2D eigenvalue weighted by Gasteiger charge is 2.26. The van der Waals surface area contributed by atoms with Crippen molar-refractivity contribution in [1.82, 2.24) is 10.1 Å². The van der Waals surface area contributed by atoms with Gasteiger partial charge in [-0.2, -0.15) is 0 Å². The SMILES string of the molecule is Cc1ccc(OCc2cc(C(=O)N(C)C[C@@H]3Cc4ccccc4O3)no2)cc1C. The Morgan fingerprint density at radius 3 is 2.79 bits per heavy atom. The lowest BCUT2D eigenvalue weighted by Crippen LogP contribution is -2.36. The average Bonchev–Trinajstić information content (AvgIpc) is 3.34. The zero-order valence-corrected chi connectivity index (χ0v) is 16.8. The number of benzene rings is 2. The molecule has 1 aliphatic rings. The number of hydrogen-bond acceptors (Lipinski definition) is 5. The average molecular weight is 392 g/mol. The zero-order valence-electron chi connectivity index (χ0n) is 16.8. The third kappa shape index (κ3) is 4.26. The number of amides is 1. The number of nitrogens with zero attached hydrogens (tertiary/aromatic N) is 2. The summed E-state index contributed by atoms with van der Waals surface area (Å²) in [5, 5.41) is 3.91. The topological polar surface area (TPSA) is 64.8 Å². The second kappa shape index (κ2) is 7.99. The summed E-state index contributed by atoms with van der Waals surface area (Å²) in [5.74, 6) is 1.95. The Hall–Kier alpha value is -3.28. The Morgan fingerprint density at radius 1 is 1.17 bits per heavy atom. The molecular weight excluding hydrogens is 368 g/mol. The molecule has 2 aromatic carbocycles. The van der Waals surface area contributed by atoms with Crippen molar-refractivity contribution in [3.63, 3.8) is 0 Å². The third-order valence-electron chi connectivity index (χ3n) is 5.18. The van der Waals surface area contributed by atoms with Gasteiger partial charge in [0.25, 0.3) is 5.91 Å². The molecule has 1 aliphatic heterocycles. The fourth-order valence-electron chi connectivity index (χ4n) is 3.38. The van der Waals surface area contributed by atoms with E-state index in [-0.39, 0.29) is 24.3 Å². The van der Waals surface area contributed by atoms with Crippen LogP contribution in [0.5, 0.6) is 11.5 Å². The van der Waals surface area contributed by atoms with E-state index in [1.54, 1.807) is 18.0 Å². The summed E-state index contributed by atoms with van der Waals surface area (Å²) in [6, 6.07) is 15.5. The van der Waals surface area contributed by atoms with Gasteiger partial charge in [-0.25, -0.2) is 0 Å². The Bertz CT molecular complexity index is 1000. The number of hydrogen-bond donors (Lipinski definition) is 0. The molecule has 0 aliphatic carbocycles. The lowest BCUT2D eigenvalue weighted by molar-refractivity contribution is 0.0720. The predicted molar refractivity (Wildman–Crippen MR) is 108 cm³/mol. The largest absolute Gasteiger partial charge is 0.488 e. The number of fused-ring (bicyclic) bond motifs is 1. The minimum absolute atomic E-state index is 0.0548. The van der Waals surface area contributed by atoms with Gasteiger partial charge in [-0.1, -0.05) is 29.4 Å². The Morgan fingerprint density at radius 2 is 2.00 bits per heavy atom. The summed E-state index contributed by atoms with van der Waals surface area (Å²) in [4.78, 5) is 14.3. The maximum Gasteiger partial charge on any atom is 0.275 e. The number of aryl methyl sites for hydroxylation is 2. The molecule has 6 nitrogen and oxygen atoms in total. The van der Waals surface area contributed by atoms with E-state index in [1.807, 2.05) is 43.3 Å². The van der Waals surface area contributed by atoms with Crippen molar-refractivity contribution in [1.29, 1.82) is 0 Å². The van der Waals surface area contributed by atoms with Gasteiger partial charge in [0.2, 0.25) is 0 Å². The molecule has 0 saturated carbocycles. The lowest BCUT2D eigenvalue weighted by Gasteiger charge is -2.19. The van der Waals surface area contributed by atoms with Crippen LogP contribution in [0.25, 0.3) is 0 Å². The summed E-state index contributed by atoms with van der Waals surface area (Å²) in [6.07, 6.45) is 0.739. The third-order valence-corrected chi connectivity index (χ3v) is 5.18. The normalized spacial score (nSPS) is 14.9. The number of para-hydroxylation sites is 1. The second-order valence-electron chi connectivity index (χ2n) is 7.45. The molecule has 0 unspecified atom stereocenters. The first-order valence-electron chi connectivity index (χ1n) is 9.65. The summed E-state index contributed by atoms with van der Waals surface area (Å²) < 4.78 is 16.9. The molecule has 3 aromatic rings. The van der Waals surface area contributed by atoms with Crippen molar-refractivity contribution in [3.05, 3.63) is 76.7 Å². The van der Waals surface area contributed by atoms with Crippen molar-refractivity contribution in [2.45, 2.75) is 33.0 Å². The number of aromatic nitrogens is 1. The monoisotopic (exact) mass is 392 g/mol. The van der Waals surface area contributed by atoms with Crippen LogP contribution in [0, 0.1) is 13.8 Å². The van der Waals surface area contributed by atoms with Gasteiger partial charge in [0.15, 0.2) is 11.5 Å². The van der Waals surface area contributed by atoms with Gasteiger partial charge in [-0.15, -0.1) is 0 Å². The minimum atomic E-state index is -0.203. The van der Waals surface area contributed by atoms with Gasteiger partial charge in [-0.05, 0) is 48.7 Å². The summed E-state index contributed by atoms with van der Waals surface area (Å²) in [6.45, 7) is 4.79. The van der Waals surface area contributed by atoms with Crippen LogP contribution in [0.15, 0.2) is 53.1 Å². The highest BCUT2D eigenvalue weighted by atomic mass is 16.5. The first kappa shape index (κ1) is 19.1. The van der Waals surface area contributed by atoms with Gasteiger partial charge >= 0.3 is 0 Å².